The van der Waals surface area contributed by atoms with Crippen LogP contribution in [0.25, 0.3) is 0 Å². The molecule has 1 N–H and O–H groups in total. The van der Waals surface area contributed by atoms with Crippen molar-refractivity contribution in [1.82, 2.24) is 0 Å². The summed E-state index contributed by atoms with van der Waals surface area (Å²) in [4.78, 5) is 0. The molecule has 0 saturated carbocycles. The van der Waals surface area contributed by atoms with Crippen molar-refractivity contribution < 1.29 is 0 Å². The zero-order valence-corrected chi connectivity index (χ0v) is 8.98. The van der Waals surface area contributed by atoms with Crippen molar-refractivity contribution in [2.24, 2.45) is 0 Å². The van der Waals surface area contributed by atoms with Crippen molar-refractivity contribution in [2.45, 2.75) is 18.4 Å². The molecule has 0 saturated heterocycles. The van der Waals surface area contributed by atoms with E-state index in [2.05, 4.69) is 53.8 Å². The lowest BCUT2D eigenvalue weighted by atomic mass is 9.93. The quantitative estimate of drug-likeness (QED) is 0.699. The molecule has 1 aliphatic carbocycles. The smallest absolute Gasteiger partial charge is 0.0411 e. The Labute approximate surface area is 95.1 Å². The van der Waals surface area contributed by atoms with Gasteiger partial charge in [0.1, 0.15) is 0 Å². The van der Waals surface area contributed by atoms with E-state index in [4.69, 9.17) is 0 Å². The van der Waals surface area contributed by atoms with Crippen molar-refractivity contribution in [3.63, 3.8) is 0 Å². The van der Waals surface area contributed by atoms with Crippen molar-refractivity contribution >= 4 is 5.69 Å². The number of anilines is 1. The van der Waals surface area contributed by atoms with Gasteiger partial charge in [-0.05, 0) is 29.2 Å². The molecule has 0 radical (unpaired) electrons. The summed E-state index contributed by atoms with van der Waals surface area (Å²) in [7, 11) is 0. The highest BCUT2D eigenvalue weighted by Crippen LogP contribution is 2.46. The molecule has 4 rings (SSSR count). The Hall–Kier alpha value is -1.76. The topological polar surface area (TPSA) is 12.0 Å². The summed E-state index contributed by atoms with van der Waals surface area (Å²) >= 11 is 0. The minimum absolute atomic E-state index is 0.576. The molecule has 2 atom stereocenters. The Morgan fingerprint density at radius 3 is 2.56 bits per heavy atom. The molecule has 1 heterocycles. The monoisotopic (exact) mass is 207 g/mol. The highest BCUT2D eigenvalue weighted by molar-refractivity contribution is 5.65. The fraction of sp³-hybridized carbons (Fsp3) is 0.200. The van der Waals surface area contributed by atoms with Gasteiger partial charge in [-0.1, -0.05) is 42.5 Å². The lowest BCUT2D eigenvalue weighted by molar-refractivity contribution is 0.727. The Kier molecular flexibility index (Phi) is 1.51. The zero-order valence-electron chi connectivity index (χ0n) is 8.98. The van der Waals surface area contributed by atoms with Crippen LogP contribution < -0.4 is 5.32 Å². The molecule has 0 unspecified atom stereocenters. The van der Waals surface area contributed by atoms with Crippen LogP contribution in [-0.2, 0) is 6.42 Å². The van der Waals surface area contributed by atoms with Crippen LogP contribution in [0.3, 0.4) is 0 Å². The second kappa shape index (κ2) is 2.88. The first-order chi connectivity index (χ1) is 7.93. The minimum Gasteiger partial charge on any atom is -0.381 e. The summed E-state index contributed by atoms with van der Waals surface area (Å²) in [6, 6.07) is 18.1. The Balaban J connectivity index is 1.93. The van der Waals surface area contributed by atoms with Gasteiger partial charge in [0.25, 0.3) is 0 Å². The maximum Gasteiger partial charge on any atom is 0.0411 e. The van der Waals surface area contributed by atoms with Gasteiger partial charge in [-0.3, -0.25) is 0 Å². The molecule has 0 amide bonds. The van der Waals surface area contributed by atoms with E-state index in [9.17, 15) is 0 Å². The number of benzene rings is 2. The summed E-state index contributed by atoms with van der Waals surface area (Å²) in [6.07, 6.45) is 1.16. The molecule has 0 aromatic heterocycles. The highest BCUT2D eigenvalue weighted by atomic mass is 15.0. The largest absolute Gasteiger partial charge is 0.381 e. The number of nitrogens with one attached hydrogen (secondary N) is 1. The van der Waals surface area contributed by atoms with Gasteiger partial charge in [0.05, 0.1) is 0 Å². The minimum atomic E-state index is 0.576. The van der Waals surface area contributed by atoms with Crippen LogP contribution in [0.5, 0.6) is 0 Å². The molecular weight excluding hydrogens is 194 g/mol. The van der Waals surface area contributed by atoms with E-state index in [1.165, 1.54) is 22.4 Å². The predicted octanol–water partition coefficient (Wildman–Crippen LogP) is 3.17. The maximum absolute atomic E-state index is 3.64. The summed E-state index contributed by atoms with van der Waals surface area (Å²) in [5.74, 6) is 0.576. The van der Waals surface area contributed by atoms with E-state index in [-0.39, 0.29) is 0 Å². The molecule has 2 aromatic carbocycles. The van der Waals surface area contributed by atoms with Gasteiger partial charge in [-0.15, -0.1) is 0 Å². The van der Waals surface area contributed by atoms with E-state index < -0.39 is 0 Å². The fourth-order valence-electron chi connectivity index (χ4n) is 3.21. The van der Waals surface area contributed by atoms with Crippen LogP contribution in [0.1, 0.15) is 22.6 Å². The van der Waals surface area contributed by atoms with Crippen molar-refractivity contribution in [3.8, 4) is 0 Å². The van der Waals surface area contributed by atoms with Gasteiger partial charge in [0, 0.05) is 17.6 Å². The average Bonchev–Trinajstić information content (AvgIpc) is 2.83. The third-order valence-electron chi connectivity index (χ3n) is 3.87. The lowest BCUT2D eigenvalue weighted by Gasteiger charge is -2.10. The van der Waals surface area contributed by atoms with Crippen molar-refractivity contribution in [2.75, 3.05) is 5.32 Å². The zero-order chi connectivity index (χ0) is 10.5. The number of rotatable bonds is 0. The van der Waals surface area contributed by atoms with Crippen LogP contribution in [0, 0.1) is 0 Å². The molecule has 2 aromatic rings. The standard InChI is InChI=1S/C15H13N/c1-2-6-11-10(5-1)9-14-15(11)12-7-3-4-8-13(12)16-14/h1-8,14-16H,9H2/t14-,15-/m0/s1. The molecular formula is C15H13N. The molecule has 2 aliphatic rings. The average molecular weight is 207 g/mol. The Bertz CT molecular complexity index is 509. The van der Waals surface area contributed by atoms with E-state index in [1.54, 1.807) is 0 Å². The van der Waals surface area contributed by atoms with Gasteiger partial charge < -0.3 is 5.32 Å². The van der Waals surface area contributed by atoms with Crippen LogP contribution >= 0.6 is 0 Å². The third-order valence-corrected chi connectivity index (χ3v) is 3.87. The van der Waals surface area contributed by atoms with Gasteiger partial charge in [0.2, 0.25) is 0 Å². The number of hydrogen-bond donors (Lipinski definition) is 1. The SMILES string of the molecule is c1ccc2c(c1)C[C@@H]1Nc3ccccc3[C@H]21. The summed E-state index contributed by atoms with van der Waals surface area (Å²) in [5.41, 5.74) is 5.83. The van der Waals surface area contributed by atoms with Crippen molar-refractivity contribution in [3.05, 3.63) is 65.2 Å². The molecule has 0 fully saturated rings. The van der Waals surface area contributed by atoms with E-state index in [1.807, 2.05) is 0 Å². The predicted molar refractivity (Wildman–Crippen MR) is 65.8 cm³/mol. The van der Waals surface area contributed by atoms with Crippen LogP contribution in [0.15, 0.2) is 48.5 Å². The van der Waals surface area contributed by atoms with Gasteiger partial charge in [0.15, 0.2) is 0 Å². The molecule has 0 spiro atoms. The fourth-order valence-corrected chi connectivity index (χ4v) is 3.21. The summed E-state index contributed by atoms with van der Waals surface area (Å²) < 4.78 is 0. The molecule has 16 heavy (non-hydrogen) atoms. The van der Waals surface area contributed by atoms with Gasteiger partial charge >= 0.3 is 0 Å². The first kappa shape index (κ1) is 8.40. The maximum atomic E-state index is 3.64. The molecule has 1 aliphatic heterocycles. The summed E-state index contributed by atoms with van der Waals surface area (Å²) in [6.45, 7) is 0. The molecule has 0 bridgehead atoms. The van der Waals surface area contributed by atoms with Gasteiger partial charge in [-0.25, -0.2) is 0 Å². The molecule has 1 heteroatoms. The molecule has 1 nitrogen and oxygen atoms in total. The van der Waals surface area contributed by atoms with Crippen LogP contribution in [-0.4, -0.2) is 6.04 Å². The Morgan fingerprint density at radius 1 is 0.875 bits per heavy atom. The van der Waals surface area contributed by atoms with Crippen molar-refractivity contribution in [1.29, 1.82) is 0 Å². The normalized spacial score (nSPS) is 24.5. The van der Waals surface area contributed by atoms with Crippen LogP contribution in [0.4, 0.5) is 5.69 Å². The van der Waals surface area contributed by atoms with Gasteiger partial charge in [-0.2, -0.15) is 0 Å². The highest BCUT2D eigenvalue weighted by Gasteiger charge is 2.38. The lowest BCUT2D eigenvalue weighted by Crippen LogP contribution is -2.16. The first-order valence-corrected chi connectivity index (χ1v) is 5.87. The summed E-state index contributed by atoms with van der Waals surface area (Å²) in [5, 5.41) is 3.64. The third kappa shape index (κ3) is 0.955. The number of hydrogen-bond acceptors (Lipinski definition) is 1. The number of para-hydroxylation sites is 1. The number of fused-ring (bicyclic) bond motifs is 5. The van der Waals surface area contributed by atoms with E-state index in [0.29, 0.717) is 12.0 Å². The van der Waals surface area contributed by atoms with Crippen LogP contribution in [0.2, 0.25) is 0 Å². The second-order valence-corrected chi connectivity index (χ2v) is 4.72. The second-order valence-electron chi connectivity index (χ2n) is 4.72. The van der Waals surface area contributed by atoms with E-state index in [0.717, 1.165) is 6.42 Å². The Morgan fingerprint density at radius 2 is 1.62 bits per heavy atom. The van der Waals surface area contributed by atoms with E-state index >= 15 is 0 Å². The first-order valence-electron chi connectivity index (χ1n) is 5.87. The molecule has 78 valence electrons.